The Bertz CT molecular complexity index is 1290. The van der Waals surface area contributed by atoms with Gasteiger partial charge in [0.05, 0.1) is 18.6 Å². The van der Waals surface area contributed by atoms with Crippen LogP contribution < -0.4 is 9.47 Å². The van der Waals surface area contributed by atoms with Gasteiger partial charge in [-0.25, -0.2) is 4.79 Å². The van der Waals surface area contributed by atoms with Crippen molar-refractivity contribution in [2.24, 2.45) is 0 Å². The van der Waals surface area contributed by atoms with Crippen molar-refractivity contribution in [1.29, 1.82) is 0 Å². The summed E-state index contributed by atoms with van der Waals surface area (Å²) in [5.41, 5.74) is 0.418. The average Bonchev–Trinajstić information content (AvgIpc) is 3.38. The number of rotatable bonds is 9. The average molecular weight is 462 g/mol. The number of carbonyl (C=O) groups is 1. The number of halogens is 3. The normalized spacial score (nSPS) is 11.9. The molecular formula is C23H21F3N2O5. The Labute approximate surface area is 186 Å². The monoisotopic (exact) mass is 462 g/mol. The molecule has 0 amide bonds. The quantitative estimate of drug-likeness (QED) is 0.304. The summed E-state index contributed by atoms with van der Waals surface area (Å²) in [6.07, 6.45) is -2.87. The molecule has 0 atom stereocenters. The number of alkyl halides is 3. The van der Waals surface area contributed by atoms with Crippen LogP contribution in [-0.4, -0.2) is 34.4 Å². The second kappa shape index (κ2) is 9.05. The predicted octanol–water partition coefficient (Wildman–Crippen LogP) is 5.83. The van der Waals surface area contributed by atoms with Gasteiger partial charge in [0.2, 0.25) is 0 Å². The lowest BCUT2D eigenvalue weighted by molar-refractivity contribution is -0.141. The van der Waals surface area contributed by atoms with Gasteiger partial charge in [-0.2, -0.15) is 13.2 Å². The highest BCUT2D eigenvalue weighted by Gasteiger charge is 2.37. The summed E-state index contributed by atoms with van der Waals surface area (Å²) in [5.74, 6) is 0.0171. The van der Waals surface area contributed by atoms with Crippen molar-refractivity contribution in [3.05, 3.63) is 53.3 Å². The van der Waals surface area contributed by atoms with E-state index in [9.17, 15) is 18.0 Å². The number of benzene rings is 2. The number of carboxylic acid groups (broad SMARTS) is 1. The lowest BCUT2D eigenvalue weighted by atomic mass is 10.0. The van der Waals surface area contributed by atoms with Crippen molar-refractivity contribution in [2.45, 2.75) is 32.4 Å². The van der Waals surface area contributed by atoms with E-state index in [0.717, 1.165) is 5.39 Å². The molecule has 33 heavy (non-hydrogen) atoms. The zero-order valence-corrected chi connectivity index (χ0v) is 17.7. The molecule has 2 aromatic carbocycles. The van der Waals surface area contributed by atoms with E-state index in [4.69, 9.17) is 19.1 Å². The minimum Gasteiger partial charge on any atom is -0.493 e. The third-order valence-corrected chi connectivity index (χ3v) is 5.11. The van der Waals surface area contributed by atoms with E-state index in [1.54, 1.807) is 18.2 Å². The number of hydrogen-bond donors (Lipinski definition) is 2. The van der Waals surface area contributed by atoms with Crippen LogP contribution in [0.25, 0.3) is 21.9 Å². The van der Waals surface area contributed by atoms with Gasteiger partial charge < -0.3 is 24.1 Å². The number of hydrogen-bond acceptors (Lipinski definition) is 5. The first-order chi connectivity index (χ1) is 15.8. The van der Waals surface area contributed by atoms with Gasteiger partial charge in [0.25, 0.3) is 0 Å². The molecule has 0 aliphatic heterocycles. The van der Waals surface area contributed by atoms with Gasteiger partial charge in [-0.1, -0.05) is 18.5 Å². The van der Waals surface area contributed by atoms with Gasteiger partial charge in [-0.05, 0) is 42.8 Å². The number of fused-ring (bicyclic) bond motifs is 2. The molecule has 0 radical (unpaired) electrons. The molecule has 0 saturated carbocycles. The third-order valence-electron chi connectivity index (χ3n) is 5.11. The van der Waals surface area contributed by atoms with E-state index in [1.807, 2.05) is 6.92 Å². The molecule has 2 N–H and O–H groups in total. The maximum Gasteiger partial charge on any atom is 0.437 e. The van der Waals surface area contributed by atoms with Crippen molar-refractivity contribution < 1.29 is 37.1 Å². The molecule has 0 bridgehead atoms. The van der Waals surface area contributed by atoms with E-state index < -0.39 is 17.8 Å². The summed E-state index contributed by atoms with van der Waals surface area (Å²) in [5, 5.41) is 12.9. The zero-order valence-electron chi connectivity index (χ0n) is 17.7. The molecule has 2 heterocycles. The van der Waals surface area contributed by atoms with Gasteiger partial charge in [0.15, 0.2) is 11.3 Å². The Kier molecular flexibility index (Phi) is 6.17. The van der Waals surface area contributed by atoms with Crippen molar-refractivity contribution in [2.75, 3.05) is 13.2 Å². The number of H-pyrrole nitrogens is 1. The molecular weight excluding hydrogens is 441 g/mol. The van der Waals surface area contributed by atoms with Gasteiger partial charge in [-0.15, -0.1) is 0 Å². The number of aromatic nitrogens is 2. The van der Waals surface area contributed by atoms with E-state index in [-0.39, 0.29) is 23.3 Å². The Morgan fingerprint density at radius 2 is 1.94 bits per heavy atom. The molecule has 0 saturated heterocycles. The molecule has 10 heteroatoms. The van der Waals surface area contributed by atoms with Crippen LogP contribution in [0.5, 0.6) is 11.5 Å². The third kappa shape index (κ3) is 4.74. The van der Waals surface area contributed by atoms with Crippen molar-refractivity contribution >= 4 is 27.8 Å². The molecule has 0 aliphatic rings. The number of aromatic amines is 1. The molecule has 174 valence electrons. The van der Waals surface area contributed by atoms with E-state index in [2.05, 4.69) is 10.1 Å². The Morgan fingerprint density at radius 1 is 1.15 bits per heavy atom. The van der Waals surface area contributed by atoms with Crippen LogP contribution in [0.4, 0.5) is 13.2 Å². The van der Waals surface area contributed by atoms with Crippen LogP contribution in [0, 0.1) is 0 Å². The molecule has 4 aromatic rings. The van der Waals surface area contributed by atoms with Gasteiger partial charge in [0, 0.05) is 22.9 Å². The van der Waals surface area contributed by atoms with Crippen LogP contribution in [-0.2, 0) is 12.6 Å². The first-order valence-electron chi connectivity index (χ1n) is 10.4. The van der Waals surface area contributed by atoms with Crippen molar-refractivity contribution in [3.8, 4) is 11.5 Å². The number of nitrogens with zero attached hydrogens (tertiary/aromatic N) is 1. The fourth-order valence-corrected chi connectivity index (χ4v) is 3.61. The summed E-state index contributed by atoms with van der Waals surface area (Å²) < 4.78 is 55.9. The highest BCUT2D eigenvalue weighted by molar-refractivity contribution is 5.94. The van der Waals surface area contributed by atoms with E-state index in [0.29, 0.717) is 48.4 Å². The number of aryl methyl sites for hydroxylation is 1. The van der Waals surface area contributed by atoms with Crippen molar-refractivity contribution in [3.63, 3.8) is 0 Å². The summed E-state index contributed by atoms with van der Waals surface area (Å²) in [6.45, 7) is 2.55. The zero-order chi connectivity index (χ0) is 23.6. The van der Waals surface area contributed by atoms with Gasteiger partial charge in [0.1, 0.15) is 17.2 Å². The highest BCUT2D eigenvalue weighted by Crippen LogP contribution is 2.38. The fourth-order valence-electron chi connectivity index (χ4n) is 3.61. The number of carboxylic acids is 1. The lowest BCUT2D eigenvalue weighted by Crippen LogP contribution is -2.07. The van der Waals surface area contributed by atoms with Gasteiger partial charge in [-0.3, -0.25) is 0 Å². The molecule has 4 rings (SSSR count). The maximum absolute atomic E-state index is 13.1. The van der Waals surface area contributed by atoms with Crippen molar-refractivity contribution in [1.82, 2.24) is 10.1 Å². The summed E-state index contributed by atoms with van der Waals surface area (Å²) in [4.78, 5) is 13.9. The fraction of sp³-hybridized carbons (Fsp3) is 0.304. The van der Waals surface area contributed by atoms with E-state index in [1.165, 1.54) is 18.2 Å². The molecule has 0 aliphatic carbocycles. The first-order valence-corrected chi connectivity index (χ1v) is 10.4. The molecule has 0 fully saturated rings. The standard InChI is InChI=1S/C23H21F3N2O5/c1-2-4-15-19(8-6-16-20(15)33-28-21(16)23(24,25)26)32-10-3-9-31-14-5-7-17-13(11-14)12-18(27-17)22(29)30/h5-8,11-12,27H,2-4,9-10H2,1H3,(H,29,30). The summed E-state index contributed by atoms with van der Waals surface area (Å²) >= 11 is 0. The smallest absolute Gasteiger partial charge is 0.437 e. The minimum absolute atomic E-state index is 0.0761. The Balaban J connectivity index is 1.38. The second-order valence-electron chi connectivity index (χ2n) is 7.49. The topological polar surface area (TPSA) is 97.6 Å². The molecule has 0 unspecified atom stereocenters. The van der Waals surface area contributed by atoms with Gasteiger partial charge >= 0.3 is 12.1 Å². The summed E-state index contributed by atoms with van der Waals surface area (Å²) in [6, 6.07) is 9.59. The van der Waals surface area contributed by atoms with Crippen LogP contribution in [0.3, 0.4) is 0 Å². The number of ether oxygens (including phenoxy) is 2. The Morgan fingerprint density at radius 3 is 2.67 bits per heavy atom. The largest absolute Gasteiger partial charge is 0.493 e. The predicted molar refractivity (Wildman–Crippen MR) is 114 cm³/mol. The number of nitrogens with one attached hydrogen (secondary N) is 1. The summed E-state index contributed by atoms with van der Waals surface area (Å²) in [7, 11) is 0. The maximum atomic E-state index is 13.1. The van der Waals surface area contributed by atoms with Crippen LogP contribution in [0.1, 0.15) is 41.5 Å². The molecule has 0 spiro atoms. The lowest BCUT2D eigenvalue weighted by Gasteiger charge is -2.12. The highest BCUT2D eigenvalue weighted by atomic mass is 19.4. The first kappa shape index (κ1) is 22.5. The molecule has 2 aromatic heterocycles. The Hall–Kier alpha value is -3.69. The van der Waals surface area contributed by atoms with Crippen LogP contribution in [0.15, 0.2) is 40.9 Å². The minimum atomic E-state index is -4.59. The van der Waals surface area contributed by atoms with Crippen LogP contribution in [0.2, 0.25) is 0 Å². The number of aromatic carboxylic acids is 1. The molecule has 7 nitrogen and oxygen atoms in total. The second-order valence-corrected chi connectivity index (χ2v) is 7.49. The SMILES string of the molecule is CCCc1c(OCCCOc2ccc3[nH]c(C(=O)O)cc3c2)ccc2c(C(F)(F)F)noc12. The van der Waals surface area contributed by atoms with E-state index >= 15 is 0 Å². The van der Waals surface area contributed by atoms with Crippen LogP contribution >= 0.6 is 0 Å².